The van der Waals surface area contributed by atoms with Crippen molar-refractivity contribution in [3.05, 3.63) is 33.3 Å². The molecule has 1 unspecified atom stereocenters. The Kier molecular flexibility index (Phi) is 5.22. The third-order valence-electron chi connectivity index (χ3n) is 3.78. The normalized spacial score (nSPS) is 12.9. The summed E-state index contributed by atoms with van der Waals surface area (Å²) in [5.41, 5.74) is 4.68. The van der Waals surface area contributed by atoms with Crippen LogP contribution in [0.4, 0.5) is 0 Å². The summed E-state index contributed by atoms with van der Waals surface area (Å²) in [6.07, 6.45) is 3.93. The number of aryl methyl sites for hydroxylation is 4. The maximum Gasteiger partial charge on any atom is 0.0766 e. The molecule has 21 heavy (non-hydrogen) atoms. The highest BCUT2D eigenvalue weighted by Crippen LogP contribution is 2.27. The molecule has 0 spiro atoms. The minimum Gasteiger partial charge on any atom is -0.310 e. The van der Waals surface area contributed by atoms with Crippen LogP contribution in [0.15, 0.2) is 10.7 Å². The Morgan fingerprint density at radius 1 is 1.29 bits per heavy atom. The Morgan fingerprint density at radius 2 is 2.00 bits per heavy atom. The molecule has 0 bridgehead atoms. The Balaban J connectivity index is 2.33. The molecule has 0 saturated heterocycles. The Labute approximate surface area is 134 Å². The zero-order chi connectivity index (χ0) is 15.6. The van der Waals surface area contributed by atoms with Gasteiger partial charge in [-0.1, -0.05) is 13.8 Å². The second kappa shape index (κ2) is 6.75. The molecule has 2 heterocycles. The molecule has 1 atom stereocenters. The van der Waals surface area contributed by atoms with E-state index in [9.17, 15) is 0 Å². The molecule has 2 aromatic rings. The third kappa shape index (κ3) is 3.37. The van der Waals surface area contributed by atoms with Crippen LogP contribution in [0.25, 0.3) is 0 Å². The molecule has 1 N–H and O–H groups in total. The Hall–Kier alpha value is -1.14. The lowest BCUT2D eigenvalue weighted by molar-refractivity contribution is 0.525. The lowest BCUT2D eigenvalue weighted by Crippen LogP contribution is -2.24. The smallest absolute Gasteiger partial charge is 0.0766 e. The van der Waals surface area contributed by atoms with E-state index in [0.717, 1.165) is 35.2 Å². The molecule has 0 radical (unpaired) electrons. The maximum atomic E-state index is 4.58. The predicted molar refractivity (Wildman–Crippen MR) is 88.4 cm³/mol. The number of halogens is 1. The van der Waals surface area contributed by atoms with Gasteiger partial charge in [-0.05, 0) is 35.8 Å². The van der Waals surface area contributed by atoms with Gasteiger partial charge >= 0.3 is 0 Å². The van der Waals surface area contributed by atoms with E-state index in [1.807, 2.05) is 23.5 Å². The molecule has 0 aliphatic heterocycles. The molecule has 5 nitrogen and oxygen atoms in total. The fraction of sp³-hybridized carbons (Fsp3) is 0.600. The molecule has 0 aliphatic carbocycles. The van der Waals surface area contributed by atoms with Crippen LogP contribution in [-0.4, -0.2) is 26.1 Å². The van der Waals surface area contributed by atoms with Gasteiger partial charge in [0.05, 0.1) is 21.6 Å². The topological polar surface area (TPSA) is 47.7 Å². The van der Waals surface area contributed by atoms with Crippen LogP contribution in [0.5, 0.6) is 0 Å². The first-order chi connectivity index (χ1) is 9.97. The van der Waals surface area contributed by atoms with Crippen LogP contribution in [0.3, 0.4) is 0 Å². The van der Waals surface area contributed by atoms with E-state index in [2.05, 4.69) is 58.4 Å². The Morgan fingerprint density at radius 3 is 2.48 bits per heavy atom. The van der Waals surface area contributed by atoms with Crippen molar-refractivity contribution in [1.82, 2.24) is 24.9 Å². The van der Waals surface area contributed by atoms with Crippen molar-refractivity contribution in [3.63, 3.8) is 0 Å². The van der Waals surface area contributed by atoms with Crippen molar-refractivity contribution in [2.75, 3.05) is 6.54 Å². The molecule has 6 heteroatoms. The zero-order valence-corrected chi connectivity index (χ0v) is 15.0. The quantitative estimate of drug-likeness (QED) is 0.868. The summed E-state index contributed by atoms with van der Waals surface area (Å²) in [6.45, 7) is 7.25. The predicted octanol–water partition coefficient (Wildman–Crippen LogP) is 2.68. The summed E-state index contributed by atoms with van der Waals surface area (Å²) < 4.78 is 5.00. The van der Waals surface area contributed by atoms with Gasteiger partial charge < -0.3 is 5.32 Å². The van der Waals surface area contributed by atoms with Gasteiger partial charge in [-0.3, -0.25) is 9.36 Å². The van der Waals surface area contributed by atoms with E-state index < -0.39 is 0 Å². The number of likely N-dealkylation sites (N-methyl/N-ethyl adjacent to an activating group) is 1. The first-order valence-electron chi connectivity index (χ1n) is 7.41. The molecule has 0 fully saturated rings. The average molecular weight is 354 g/mol. The van der Waals surface area contributed by atoms with Crippen LogP contribution in [-0.2, 0) is 26.9 Å². The molecule has 0 amide bonds. The van der Waals surface area contributed by atoms with Gasteiger partial charge in [0.2, 0.25) is 0 Å². The van der Waals surface area contributed by atoms with Gasteiger partial charge in [0.15, 0.2) is 0 Å². The van der Waals surface area contributed by atoms with Crippen LogP contribution < -0.4 is 5.32 Å². The van der Waals surface area contributed by atoms with E-state index in [1.165, 1.54) is 11.3 Å². The highest BCUT2D eigenvalue weighted by molar-refractivity contribution is 9.10. The van der Waals surface area contributed by atoms with Crippen LogP contribution in [0.2, 0.25) is 0 Å². The van der Waals surface area contributed by atoms with Gasteiger partial charge in [-0.2, -0.15) is 10.2 Å². The molecular formula is C15H24BrN5. The van der Waals surface area contributed by atoms with E-state index >= 15 is 0 Å². The second-order valence-electron chi connectivity index (χ2n) is 5.34. The van der Waals surface area contributed by atoms with Crippen molar-refractivity contribution in [2.24, 2.45) is 14.1 Å². The molecule has 2 aromatic heterocycles. The number of rotatable bonds is 6. The minimum atomic E-state index is 0.250. The fourth-order valence-corrected chi connectivity index (χ4v) is 3.51. The largest absolute Gasteiger partial charge is 0.310 e. The standard InChI is InChI=1S/C15H24BrN5/c1-6-12-15(16)14(21(5)19-12)8-13(17-7-2)11-9-20(4)18-10(11)3/h9,13,17H,6-8H2,1-5H3. The summed E-state index contributed by atoms with van der Waals surface area (Å²) in [5.74, 6) is 0. The number of hydrogen-bond donors (Lipinski definition) is 1. The highest BCUT2D eigenvalue weighted by atomic mass is 79.9. The van der Waals surface area contributed by atoms with Crippen molar-refractivity contribution < 1.29 is 0 Å². The van der Waals surface area contributed by atoms with Crippen molar-refractivity contribution in [3.8, 4) is 0 Å². The van der Waals surface area contributed by atoms with E-state index in [0.29, 0.717) is 0 Å². The lowest BCUT2D eigenvalue weighted by atomic mass is 10.0. The van der Waals surface area contributed by atoms with Gasteiger partial charge in [0.1, 0.15) is 0 Å². The number of nitrogens with zero attached hydrogens (tertiary/aromatic N) is 4. The lowest BCUT2D eigenvalue weighted by Gasteiger charge is -2.18. The molecular weight excluding hydrogens is 330 g/mol. The number of aromatic nitrogens is 4. The summed E-state index contributed by atoms with van der Waals surface area (Å²) in [7, 11) is 3.98. The van der Waals surface area contributed by atoms with Crippen LogP contribution >= 0.6 is 15.9 Å². The summed E-state index contributed by atoms with van der Waals surface area (Å²) in [5, 5.41) is 12.6. The van der Waals surface area contributed by atoms with Crippen molar-refractivity contribution in [1.29, 1.82) is 0 Å². The number of hydrogen-bond acceptors (Lipinski definition) is 3. The fourth-order valence-electron chi connectivity index (χ4n) is 2.73. The van der Waals surface area contributed by atoms with Gasteiger partial charge in [-0.15, -0.1) is 0 Å². The van der Waals surface area contributed by atoms with E-state index in [4.69, 9.17) is 0 Å². The maximum absolute atomic E-state index is 4.58. The second-order valence-corrected chi connectivity index (χ2v) is 6.14. The van der Waals surface area contributed by atoms with Gasteiger partial charge in [0.25, 0.3) is 0 Å². The highest BCUT2D eigenvalue weighted by Gasteiger charge is 2.21. The van der Waals surface area contributed by atoms with Crippen LogP contribution in [0.1, 0.15) is 42.5 Å². The Bertz CT molecular complexity index is 614. The zero-order valence-electron chi connectivity index (χ0n) is 13.4. The third-order valence-corrected chi connectivity index (χ3v) is 4.69. The van der Waals surface area contributed by atoms with Crippen molar-refractivity contribution in [2.45, 2.75) is 39.7 Å². The van der Waals surface area contributed by atoms with Crippen LogP contribution in [0, 0.1) is 6.92 Å². The molecule has 116 valence electrons. The summed E-state index contributed by atoms with van der Waals surface area (Å²) in [4.78, 5) is 0. The minimum absolute atomic E-state index is 0.250. The first-order valence-corrected chi connectivity index (χ1v) is 8.20. The number of nitrogens with one attached hydrogen (secondary N) is 1. The van der Waals surface area contributed by atoms with E-state index in [-0.39, 0.29) is 6.04 Å². The molecule has 0 aromatic carbocycles. The summed E-state index contributed by atoms with van der Waals surface area (Å²) in [6, 6.07) is 0.250. The summed E-state index contributed by atoms with van der Waals surface area (Å²) >= 11 is 3.71. The molecule has 0 saturated carbocycles. The first kappa shape index (κ1) is 16.2. The monoisotopic (exact) mass is 353 g/mol. The molecule has 0 aliphatic rings. The average Bonchev–Trinajstić information content (AvgIpc) is 2.90. The van der Waals surface area contributed by atoms with Crippen molar-refractivity contribution >= 4 is 15.9 Å². The SMILES string of the molecule is CCNC(Cc1c(Br)c(CC)nn1C)c1cn(C)nc1C. The van der Waals surface area contributed by atoms with Gasteiger partial charge in [-0.25, -0.2) is 0 Å². The van der Waals surface area contributed by atoms with Gasteiger partial charge in [0, 0.05) is 38.3 Å². The van der Waals surface area contributed by atoms with E-state index in [1.54, 1.807) is 0 Å². The molecule has 2 rings (SSSR count).